The normalized spacial score (nSPS) is 13.9. The molecule has 4 heteroatoms. The maximum Gasteiger partial charge on any atom is 0.330 e. The lowest BCUT2D eigenvalue weighted by Gasteiger charge is -2.20. The number of hydrogen-bond acceptors (Lipinski definition) is 4. The summed E-state index contributed by atoms with van der Waals surface area (Å²) in [6.45, 7) is 6.96. The first-order valence-corrected chi connectivity index (χ1v) is 7.82. The van der Waals surface area contributed by atoms with E-state index in [4.69, 9.17) is 9.47 Å². The van der Waals surface area contributed by atoms with Gasteiger partial charge in [-0.1, -0.05) is 49.9 Å². The van der Waals surface area contributed by atoms with Crippen LogP contribution in [-0.2, 0) is 25.7 Å². The first kappa shape index (κ1) is 18.7. The minimum Gasteiger partial charge on any atom is -0.459 e. The van der Waals surface area contributed by atoms with Crippen molar-refractivity contribution in [2.75, 3.05) is 0 Å². The molecular formula is C19H24O4. The Labute approximate surface area is 137 Å². The lowest BCUT2D eigenvalue weighted by Crippen LogP contribution is -2.19. The summed E-state index contributed by atoms with van der Waals surface area (Å²) in [7, 11) is 0. The second-order valence-electron chi connectivity index (χ2n) is 5.20. The molecule has 0 radical (unpaired) electrons. The largest absolute Gasteiger partial charge is 0.459 e. The van der Waals surface area contributed by atoms with Gasteiger partial charge in [0.1, 0.15) is 12.7 Å². The third-order valence-corrected chi connectivity index (χ3v) is 3.39. The van der Waals surface area contributed by atoms with Gasteiger partial charge < -0.3 is 9.47 Å². The Morgan fingerprint density at radius 3 is 2.17 bits per heavy atom. The van der Waals surface area contributed by atoms with E-state index >= 15 is 0 Å². The fraction of sp³-hybridized carbons (Fsp3) is 0.368. The quantitative estimate of drug-likeness (QED) is 0.609. The molecule has 0 heterocycles. The van der Waals surface area contributed by atoms with Gasteiger partial charge in [-0.15, -0.1) is 0 Å². The van der Waals surface area contributed by atoms with Crippen LogP contribution in [0, 0.1) is 0 Å². The predicted molar refractivity (Wildman–Crippen MR) is 89.6 cm³/mol. The van der Waals surface area contributed by atoms with Gasteiger partial charge in [0.05, 0.1) is 0 Å². The molecule has 0 atom stereocenters. The maximum absolute atomic E-state index is 10.7. The zero-order valence-corrected chi connectivity index (χ0v) is 13.4. The second-order valence-corrected chi connectivity index (χ2v) is 5.20. The number of esters is 2. The lowest BCUT2D eigenvalue weighted by molar-refractivity contribution is -0.144. The standard InChI is InChI=1S/C10H10O2.C9H14O2/c1-2-10(11)12-8-9-6-4-3-5-7-9;1-2-9(10)11-8-6-4-3-5-7-8/h2-7H,1,8H2;2,8H,1,3-7H2. The van der Waals surface area contributed by atoms with Gasteiger partial charge in [0.25, 0.3) is 0 Å². The Hall–Kier alpha value is -2.36. The summed E-state index contributed by atoms with van der Waals surface area (Å²) in [6, 6.07) is 9.51. The molecule has 0 aliphatic heterocycles. The highest BCUT2D eigenvalue weighted by atomic mass is 16.5. The number of rotatable bonds is 5. The summed E-state index contributed by atoms with van der Waals surface area (Å²) < 4.78 is 9.90. The van der Waals surface area contributed by atoms with Gasteiger partial charge in [-0.25, -0.2) is 9.59 Å². The predicted octanol–water partition coefficient (Wildman–Crippen LogP) is 3.96. The molecule has 0 aromatic heterocycles. The first-order chi connectivity index (χ1) is 11.2. The molecule has 0 N–H and O–H groups in total. The van der Waals surface area contributed by atoms with Crippen molar-refractivity contribution in [2.45, 2.75) is 44.8 Å². The van der Waals surface area contributed by atoms with Crippen LogP contribution in [-0.4, -0.2) is 18.0 Å². The van der Waals surface area contributed by atoms with Crippen LogP contribution >= 0.6 is 0 Å². The van der Waals surface area contributed by atoms with Gasteiger partial charge in [-0.2, -0.15) is 0 Å². The molecule has 0 amide bonds. The van der Waals surface area contributed by atoms with Gasteiger partial charge in [-0.3, -0.25) is 0 Å². The van der Waals surface area contributed by atoms with Crippen LogP contribution in [0.15, 0.2) is 55.6 Å². The van der Waals surface area contributed by atoms with Crippen LogP contribution in [0.25, 0.3) is 0 Å². The van der Waals surface area contributed by atoms with Crippen LogP contribution in [0.5, 0.6) is 0 Å². The Bertz CT molecular complexity index is 501. The molecule has 1 aliphatic carbocycles. The van der Waals surface area contributed by atoms with Gasteiger partial charge in [0, 0.05) is 12.2 Å². The molecule has 1 fully saturated rings. The molecule has 1 aromatic carbocycles. The van der Waals surface area contributed by atoms with Crippen molar-refractivity contribution in [2.24, 2.45) is 0 Å². The molecule has 1 aliphatic rings. The van der Waals surface area contributed by atoms with Crippen molar-refractivity contribution in [3.8, 4) is 0 Å². The van der Waals surface area contributed by atoms with E-state index in [9.17, 15) is 9.59 Å². The first-order valence-electron chi connectivity index (χ1n) is 7.82. The van der Waals surface area contributed by atoms with Crippen LogP contribution in [0.3, 0.4) is 0 Å². The van der Waals surface area contributed by atoms with E-state index in [0.29, 0.717) is 6.61 Å². The van der Waals surface area contributed by atoms with Crippen molar-refractivity contribution >= 4 is 11.9 Å². The SMILES string of the molecule is C=CC(=O)OC1CCCCC1.C=CC(=O)OCc1ccccc1. The molecule has 0 unspecified atom stereocenters. The molecule has 1 aromatic rings. The fourth-order valence-corrected chi connectivity index (χ4v) is 2.18. The number of hydrogen-bond donors (Lipinski definition) is 0. The van der Waals surface area contributed by atoms with Crippen molar-refractivity contribution < 1.29 is 19.1 Å². The number of ether oxygens (including phenoxy) is 2. The van der Waals surface area contributed by atoms with Gasteiger partial charge in [-0.05, 0) is 31.2 Å². The lowest BCUT2D eigenvalue weighted by atomic mass is 9.98. The van der Waals surface area contributed by atoms with Crippen molar-refractivity contribution in [3.63, 3.8) is 0 Å². The zero-order valence-electron chi connectivity index (χ0n) is 13.4. The average Bonchev–Trinajstić information content (AvgIpc) is 2.62. The Morgan fingerprint density at radius 2 is 1.61 bits per heavy atom. The minimum absolute atomic E-state index is 0.161. The summed E-state index contributed by atoms with van der Waals surface area (Å²) in [4.78, 5) is 21.4. The minimum atomic E-state index is -0.390. The zero-order chi connectivity index (χ0) is 16.9. The molecule has 0 bridgehead atoms. The third kappa shape index (κ3) is 8.61. The van der Waals surface area contributed by atoms with E-state index in [2.05, 4.69) is 13.2 Å². The number of carbonyl (C=O) groups is 2. The second kappa shape index (κ2) is 11.2. The molecule has 1 saturated carbocycles. The average molecular weight is 316 g/mol. The van der Waals surface area contributed by atoms with E-state index in [0.717, 1.165) is 24.5 Å². The third-order valence-electron chi connectivity index (χ3n) is 3.39. The smallest absolute Gasteiger partial charge is 0.330 e. The van der Waals surface area contributed by atoms with E-state index in [1.54, 1.807) is 0 Å². The van der Waals surface area contributed by atoms with E-state index in [1.807, 2.05) is 30.3 Å². The summed E-state index contributed by atoms with van der Waals surface area (Å²) in [5.74, 6) is -0.671. The molecule has 0 saturated heterocycles. The van der Waals surface area contributed by atoms with E-state index < -0.39 is 0 Å². The highest BCUT2D eigenvalue weighted by molar-refractivity contribution is 5.81. The molecule has 23 heavy (non-hydrogen) atoms. The summed E-state index contributed by atoms with van der Waals surface area (Å²) in [5.41, 5.74) is 0.979. The maximum atomic E-state index is 10.7. The van der Waals surface area contributed by atoms with Crippen LogP contribution in [0.1, 0.15) is 37.7 Å². The van der Waals surface area contributed by atoms with Gasteiger partial charge in [0.2, 0.25) is 0 Å². The monoisotopic (exact) mass is 316 g/mol. The fourth-order valence-electron chi connectivity index (χ4n) is 2.18. The van der Waals surface area contributed by atoms with Gasteiger partial charge >= 0.3 is 11.9 Å². The summed E-state index contributed by atoms with van der Waals surface area (Å²) in [5, 5.41) is 0. The molecule has 124 valence electrons. The summed E-state index contributed by atoms with van der Waals surface area (Å²) in [6.07, 6.45) is 8.26. The highest BCUT2D eigenvalue weighted by Gasteiger charge is 2.15. The number of carbonyl (C=O) groups excluding carboxylic acids is 2. The van der Waals surface area contributed by atoms with Crippen LogP contribution < -0.4 is 0 Å². The van der Waals surface area contributed by atoms with E-state index in [-0.39, 0.29) is 18.0 Å². The van der Waals surface area contributed by atoms with Crippen molar-refractivity contribution in [1.29, 1.82) is 0 Å². The topological polar surface area (TPSA) is 52.6 Å². The van der Waals surface area contributed by atoms with Crippen LogP contribution in [0.4, 0.5) is 0 Å². The summed E-state index contributed by atoms with van der Waals surface area (Å²) >= 11 is 0. The molecule has 2 rings (SSSR count). The Balaban J connectivity index is 0.000000231. The van der Waals surface area contributed by atoms with E-state index in [1.165, 1.54) is 25.3 Å². The van der Waals surface area contributed by atoms with Crippen LogP contribution in [0.2, 0.25) is 0 Å². The Morgan fingerprint density at radius 1 is 1.00 bits per heavy atom. The van der Waals surface area contributed by atoms with Crippen molar-refractivity contribution in [1.82, 2.24) is 0 Å². The molecular weight excluding hydrogens is 292 g/mol. The Kier molecular flexibility index (Phi) is 9.13. The molecule has 4 nitrogen and oxygen atoms in total. The number of benzene rings is 1. The van der Waals surface area contributed by atoms with Crippen molar-refractivity contribution in [3.05, 3.63) is 61.2 Å². The van der Waals surface area contributed by atoms with Gasteiger partial charge in [0.15, 0.2) is 0 Å². The highest BCUT2D eigenvalue weighted by Crippen LogP contribution is 2.20. The molecule has 0 spiro atoms.